The highest BCUT2D eigenvalue weighted by atomic mass is 16.6. The average Bonchev–Trinajstić information content (AvgIpc) is 2.26. The van der Waals surface area contributed by atoms with E-state index in [0.29, 0.717) is 11.1 Å². The average molecular weight is 236 g/mol. The van der Waals surface area contributed by atoms with Crippen LogP contribution in [-0.2, 0) is 0 Å². The van der Waals surface area contributed by atoms with E-state index in [1.807, 2.05) is 0 Å². The molecule has 2 atom stereocenters. The Bertz CT molecular complexity index is 493. The van der Waals surface area contributed by atoms with Gasteiger partial charge in [0.25, 0.3) is 5.69 Å². The van der Waals surface area contributed by atoms with Crippen molar-refractivity contribution in [2.75, 3.05) is 0 Å². The molecule has 0 aliphatic rings. The van der Waals surface area contributed by atoms with E-state index in [4.69, 9.17) is 5.26 Å². The summed E-state index contributed by atoms with van der Waals surface area (Å²) in [7, 11) is 0. The lowest BCUT2D eigenvalue weighted by atomic mass is 9.96. The van der Waals surface area contributed by atoms with Crippen LogP contribution in [0.1, 0.15) is 22.8 Å². The van der Waals surface area contributed by atoms with E-state index in [0.717, 1.165) is 0 Å². The van der Waals surface area contributed by atoms with Crippen LogP contribution in [-0.4, -0.2) is 21.2 Å². The molecule has 6 heteroatoms. The fourth-order valence-corrected chi connectivity index (χ4v) is 1.72. The number of hydrogen-bond acceptors (Lipinski definition) is 5. The number of nitro groups is 1. The molecule has 0 spiro atoms. The summed E-state index contributed by atoms with van der Waals surface area (Å²) in [5.41, 5.74) is 0.842. The quantitative estimate of drug-likeness (QED) is 0.464. The van der Waals surface area contributed by atoms with Crippen LogP contribution < -0.4 is 0 Å². The van der Waals surface area contributed by atoms with Crippen molar-refractivity contribution in [3.05, 3.63) is 38.9 Å². The van der Waals surface area contributed by atoms with Crippen molar-refractivity contribution in [3.63, 3.8) is 0 Å². The van der Waals surface area contributed by atoms with Gasteiger partial charge in [-0.05, 0) is 25.0 Å². The smallest absolute Gasteiger partial charge is 0.275 e. The highest BCUT2D eigenvalue weighted by Crippen LogP contribution is 2.31. The molecule has 0 bridgehead atoms. The lowest BCUT2D eigenvalue weighted by Crippen LogP contribution is -2.18. The molecule has 1 rings (SSSR count). The largest absolute Gasteiger partial charge is 0.384 e. The van der Waals surface area contributed by atoms with Gasteiger partial charge in [0.15, 0.2) is 6.10 Å². The minimum absolute atomic E-state index is 0.0188. The number of hydrogen-bond donors (Lipinski definition) is 2. The Morgan fingerprint density at radius 1 is 1.41 bits per heavy atom. The van der Waals surface area contributed by atoms with Gasteiger partial charge in [-0.3, -0.25) is 10.1 Å². The number of aliphatic hydroxyl groups is 2. The summed E-state index contributed by atoms with van der Waals surface area (Å²) in [4.78, 5) is 10.2. The lowest BCUT2D eigenvalue weighted by Gasteiger charge is -2.15. The summed E-state index contributed by atoms with van der Waals surface area (Å²) in [5, 5.41) is 38.3. The molecule has 0 saturated heterocycles. The summed E-state index contributed by atoms with van der Waals surface area (Å²) >= 11 is 0. The first kappa shape index (κ1) is 13.1. The van der Waals surface area contributed by atoms with Crippen LogP contribution in [0.4, 0.5) is 5.69 Å². The van der Waals surface area contributed by atoms with E-state index < -0.39 is 17.1 Å². The molecule has 1 aromatic carbocycles. The van der Waals surface area contributed by atoms with Crippen molar-refractivity contribution in [3.8, 4) is 6.07 Å². The summed E-state index contributed by atoms with van der Waals surface area (Å²) in [6.45, 7) is 3.28. The Labute approximate surface area is 97.9 Å². The molecule has 90 valence electrons. The highest BCUT2D eigenvalue weighted by Gasteiger charge is 2.28. The molecule has 2 N–H and O–H groups in total. The third kappa shape index (κ3) is 2.58. The van der Waals surface area contributed by atoms with Crippen molar-refractivity contribution in [1.82, 2.24) is 0 Å². The lowest BCUT2D eigenvalue weighted by molar-refractivity contribution is -0.386. The zero-order valence-electron chi connectivity index (χ0n) is 9.41. The highest BCUT2D eigenvalue weighted by molar-refractivity contribution is 5.50. The van der Waals surface area contributed by atoms with Crippen LogP contribution in [0.25, 0.3) is 0 Å². The third-order valence-corrected chi connectivity index (χ3v) is 2.43. The van der Waals surface area contributed by atoms with Crippen LogP contribution in [0.2, 0.25) is 0 Å². The van der Waals surface area contributed by atoms with Gasteiger partial charge in [0.05, 0.1) is 16.6 Å². The van der Waals surface area contributed by atoms with Crippen LogP contribution in [0.5, 0.6) is 0 Å². The fourth-order valence-electron chi connectivity index (χ4n) is 1.72. The van der Waals surface area contributed by atoms with Gasteiger partial charge in [0, 0.05) is 6.07 Å². The van der Waals surface area contributed by atoms with Gasteiger partial charge < -0.3 is 10.2 Å². The van der Waals surface area contributed by atoms with Gasteiger partial charge in [0.2, 0.25) is 0 Å². The molecule has 17 heavy (non-hydrogen) atoms. The van der Waals surface area contributed by atoms with Crippen molar-refractivity contribution in [2.45, 2.75) is 26.1 Å². The molecule has 6 nitrogen and oxygen atoms in total. The molecule has 0 saturated carbocycles. The zero-order chi connectivity index (χ0) is 13.2. The van der Waals surface area contributed by atoms with Crippen LogP contribution in [0, 0.1) is 35.3 Å². The number of rotatable bonds is 3. The fraction of sp³-hybridized carbons (Fsp3) is 0.364. The van der Waals surface area contributed by atoms with E-state index in [1.54, 1.807) is 19.9 Å². The van der Waals surface area contributed by atoms with Crippen LogP contribution in [0.3, 0.4) is 0 Å². The molecule has 2 unspecified atom stereocenters. The zero-order valence-corrected chi connectivity index (χ0v) is 9.41. The Hall–Kier alpha value is -1.97. The first-order chi connectivity index (χ1) is 7.88. The number of nitrogens with zero attached hydrogens (tertiary/aromatic N) is 2. The first-order valence-electron chi connectivity index (χ1n) is 4.89. The standard InChI is InChI=1S/C11H12N2O4/c1-6-3-7(2)10(8(4-6)13(16)17)11(15)9(14)5-12/h3-4,9,11,14-15H,1-2H3. The predicted molar refractivity (Wildman–Crippen MR) is 59.2 cm³/mol. The van der Waals surface area contributed by atoms with E-state index in [2.05, 4.69) is 0 Å². The molecule has 0 heterocycles. The van der Waals surface area contributed by atoms with Crippen LogP contribution in [0.15, 0.2) is 12.1 Å². The summed E-state index contributed by atoms with van der Waals surface area (Å²) < 4.78 is 0. The predicted octanol–water partition coefficient (Wildman–Crippen LogP) is 1.13. The second kappa shape index (κ2) is 4.91. The summed E-state index contributed by atoms with van der Waals surface area (Å²) in [5.74, 6) is 0. The minimum Gasteiger partial charge on any atom is -0.384 e. The third-order valence-electron chi connectivity index (χ3n) is 2.43. The second-order valence-electron chi connectivity index (χ2n) is 3.79. The number of aliphatic hydroxyl groups excluding tert-OH is 2. The molecular weight excluding hydrogens is 224 g/mol. The monoisotopic (exact) mass is 236 g/mol. The Kier molecular flexibility index (Phi) is 3.78. The van der Waals surface area contributed by atoms with Crippen LogP contribution >= 0.6 is 0 Å². The van der Waals surface area contributed by atoms with Crippen molar-refractivity contribution in [1.29, 1.82) is 5.26 Å². The molecule has 0 aliphatic heterocycles. The van der Waals surface area contributed by atoms with Gasteiger partial charge in [-0.15, -0.1) is 0 Å². The Balaban J connectivity index is 3.41. The topological polar surface area (TPSA) is 107 Å². The Morgan fingerprint density at radius 2 is 2.00 bits per heavy atom. The second-order valence-corrected chi connectivity index (χ2v) is 3.79. The number of benzene rings is 1. The van der Waals surface area contributed by atoms with Gasteiger partial charge in [-0.25, -0.2) is 0 Å². The maximum Gasteiger partial charge on any atom is 0.275 e. The molecule has 0 amide bonds. The van der Waals surface area contributed by atoms with E-state index in [-0.39, 0.29) is 11.3 Å². The normalized spacial score (nSPS) is 13.8. The Morgan fingerprint density at radius 3 is 2.47 bits per heavy atom. The number of nitriles is 1. The van der Waals surface area contributed by atoms with E-state index in [1.165, 1.54) is 12.1 Å². The maximum atomic E-state index is 10.9. The van der Waals surface area contributed by atoms with E-state index >= 15 is 0 Å². The van der Waals surface area contributed by atoms with Gasteiger partial charge in [0.1, 0.15) is 6.10 Å². The molecule has 0 aliphatic carbocycles. The van der Waals surface area contributed by atoms with Gasteiger partial charge >= 0.3 is 0 Å². The molecule has 0 aromatic heterocycles. The van der Waals surface area contributed by atoms with Crippen molar-refractivity contribution < 1.29 is 15.1 Å². The molecule has 0 fully saturated rings. The van der Waals surface area contributed by atoms with Gasteiger partial charge in [-0.1, -0.05) is 6.07 Å². The van der Waals surface area contributed by atoms with E-state index in [9.17, 15) is 20.3 Å². The van der Waals surface area contributed by atoms with Crippen molar-refractivity contribution >= 4 is 5.69 Å². The summed E-state index contributed by atoms with van der Waals surface area (Å²) in [6.07, 6.45) is -3.27. The van der Waals surface area contributed by atoms with Crippen molar-refractivity contribution in [2.24, 2.45) is 0 Å². The SMILES string of the molecule is Cc1cc(C)c(C(O)C(O)C#N)c([N+](=O)[O-])c1. The number of nitro benzene ring substituents is 1. The first-order valence-corrected chi connectivity index (χ1v) is 4.89. The number of aryl methyl sites for hydroxylation is 2. The maximum absolute atomic E-state index is 10.9. The molecular formula is C11H12N2O4. The molecule has 1 aromatic rings. The molecule has 0 radical (unpaired) electrons. The van der Waals surface area contributed by atoms with Gasteiger partial charge in [-0.2, -0.15) is 5.26 Å². The minimum atomic E-state index is -1.69. The summed E-state index contributed by atoms with van der Waals surface area (Å²) in [6, 6.07) is 4.40.